The Bertz CT molecular complexity index is 5570. The SMILES string of the molecule is CC(C)(O)C(C)(C)O[B]c1cccc([SiH2]c2cccc([B]OC(C)(C)C(C)(C)O)c2)c1.C[Si](C)(C)c1ccc(-c2[c-]c([SiH2]c3[c-]c(-c4ccc([Si](C)(C)C)cn4)ccc3)ccc2)nc1.C[Si](C)(C)c1ccc(-c2cccc([SiH2]c3cccc(-c4ccc([Si](C)(C)C)cn4)c3)c2)nc1.C[Si](C)(C)c1ccc(Br)nc1.[Pt+2].c1ccccc1.c1ccccc1.c1ccccc1.c1ccccc1.c1ccccc1.c1ccccc1. The van der Waals surface area contributed by atoms with Crippen LogP contribution in [0.3, 0.4) is 0 Å². The molecule has 21 heteroatoms. The van der Waals surface area contributed by atoms with Crippen molar-refractivity contribution in [2.45, 2.75) is 176 Å². The average molecular weight is 2300 g/mol. The maximum atomic E-state index is 10.3. The van der Waals surface area contributed by atoms with Crippen molar-refractivity contribution in [3.63, 3.8) is 0 Å². The minimum absolute atomic E-state index is 0. The largest absolute Gasteiger partial charge is 2.00 e. The summed E-state index contributed by atoms with van der Waals surface area (Å²) in [5.74, 6) is 0. The van der Waals surface area contributed by atoms with E-state index in [1.54, 1.807) is 42.7 Å². The second-order valence-corrected chi connectivity index (χ2v) is 74.5. The molecule has 17 aromatic rings. The molecule has 0 atom stereocenters. The molecule has 9 nitrogen and oxygen atoms in total. The maximum absolute atomic E-state index is 10.3. The first-order valence-electron chi connectivity index (χ1n) is 49.6. The molecule has 0 fully saturated rings. The molecule has 0 saturated carbocycles. The van der Waals surface area contributed by atoms with Crippen LogP contribution < -0.4 is 68.0 Å². The number of rotatable bonds is 23. The van der Waals surface area contributed by atoms with Gasteiger partial charge in [0.2, 0.25) is 0 Å². The van der Waals surface area contributed by atoms with Gasteiger partial charge in [0.25, 0.3) is 0 Å². The van der Waals surface area contributed by atoms with Crippen molar-refractivity contribution in [3.8, 4) is 45.0 Å². The summed E-state index contributed by atoms with van der Waals surface area (Å²) >= 11 is 3.32. The molecule has 0 aliphatic heterocycles. The summed E-state index contributed by atoms with van der Waals surface area (Å²) in [6.45, 7) is 49.7. The van der Waals surface area contributed by atoms with Crippen LogP contribution >= 0.6 is 15.9 Å². The van der Waals surface area contributed by atoms with Crippen molar-refractivity contribution in [2.75, 3.05) is 0 Å². The summed E-state index contributed by atoms with van der Waals surface area (Å²) in [5, 5.41) is 35.5. The summed E-state index contributed by atoms with van der Waals surface area (Å²) in [4.78, 5) is 23.3. The van der Waals surface area contributed by atoms with Gasteiger partial charge in [0.05, 0.1) is 93.2 Å². The quantitative estimate of drug-likeness (QED) is 0.0366. The first-order valence-corrected chi connectivity index (χ1v) is 72.2. The molecule has 5 heterocycles. The maximum Gasteiger partial charge on any atom is 2.00 e. The van der Waals surface area contributed by atoms with Gasteiger partial charge >= 0.3 is 36.0 Å². The molecule has 0 aliphatic rings. The molecule has 0 aliphatic carbocycles. The smallest absolute Gasteiger partial charge is 0.427 e. The van der Waals surface area contributed by atoms with Gasteiger partial charge in [0, 0.05) is 40.5 Å². The average Bonchev–Trinajstić information content (AvgIpc) is 0.857. The Labute approximate surface area is 906 Å². The van der Waals surface area contributed by atoms with Crippen LogP contribution in [0.5, 0.6) is 0 Å². The Kier molecular flexibility index (Phi) is 50.6. The zero-order valence-electron chi connectivity index (χ0n) is 89.6. The Hall–Kier alpha value is -10.7. The van der Waals surface area contributed by atoms with E-state index < -0.39 is 91.3 Å². The van der Waals surface area contributed by atoms with Gasteiger partial charge in [-0.3, -0.25) is 9.97 Å². The zero-order chi connectivity index (χ0) is 105. The first kappa shape index (κ1) is 121. The van der Waals surface area contributed by atoms with E-state index in [0.717, 1.165) is 49.4 Å². The van der Waals surface area contributed by atoms with Gasteiger partial charge in [-0.1, -0.05) is 488 Å². The van der Waals surface area contributed by atoms with Crippen LogP contribution in [0.1, 0.15) is 55.4 Å². The van der Waals surface area contributed by atoms with Crippen LogP contribution in [0.15, 0.2) is 448 Å². The molecule has 0 unspecified atom stereocenters. The summed E-state index contributed by atoms with van der Waals surface area (Å²) in [5.41, 5.74) is 7.37. The molecule has 145 heavy (non-hydrogen) atoms. The predicted octanol–water partition coefficient (Wildman–Crippen LogP) is 20.6. The molecule has 750 valence electrons. The standard InChI is InChI=1S/C28H34N2Si3.C28H32N2Si3.C24H36B2O4Si.C8H12BrNSi.6C6H6.Pt/c2*1-32(2,3)25-13-15-27(29-19-25)21-9-7-11-23(17-21)31-24-12-8-10-22(18-24)28-16-14-26(20-30-28)33(4,5)6;1-21(2,27)23(5,6)29-25-17-11-9-13-19(15-17)31-20-14-10-12-18(16-20)26-30-24(7,8)22(3,4)28;1-11(2,3)7-4-5-8(9)10-6-7;6*1-2-4-6-5-3-1;/h7-20H,31H2,1-6H3;7-16,19-20H,31H2,1-6H3;9-16,27-28H,31H2,1-8H3;4-6H,1-3H3;6*1-6H;/q;-2;;;;;;;;;+2. The molecule has 0 amide bonds. The Balaban J connectivity index is 0.000000239. The van der Waals surface area contributed by atoms with Gasteiger partial charge in [-0.2, -0.15) is 0 Å². The number of halogens is 1. The van der Waals surface area contributed by atoms with Crippen molar-refractivity contribution in [1.82, 2.24) is 24.9 Å². The minimum Gasteiger partial charge on any atom is -0.427 e. The van der Waals surface area contributed by atoms with Crippen LogP contribution in [0.2, 0.25) is 98.2 Å². The van der Waals surface area contributed by atoms with E-state index in [9.17, 15) is 10.2 Å². The third-order valence-electron chi connectivity index (χ3n) is 23.8. The third-order valence-corrected chi connectivity index (χ3v) is 39.4. The monoisotopic (exact) mass is 2290 g/mol. The topological polar surface area (TPSA) is 123 Å². The fraction of sp³-hybridized carbons (Fsp3) is 0.218. The van der Waals surface area contributed by atoms with Crippen LogP contribution in [-0.2, 0) is 30.4 Å². The number of aliphatic hydroxyl groups is 2. The van der Waals surface area contributed by atoms with Gasteiger partial charge in [-0.25, -0.2) is 4.98 Å². The molecule has 2 radical (unpaired) electrons. The number of benzene rings is 12. The molecule has 0 bridgehead atoms. The molecule has 0 saturated heterocycles. The van der Waals surface area contributed by atoms with E-state index in [1.165, 1.54) is 68.2 Å². The van der Waals surface area contributed by atoms with Gasteiger partial charge < -0.3 is 29.5 Å². The fourth-order valence-corrected chi connectivity index (χ4v) is 23.5. The van der Waals surface area contributed by atoms with E-state index in [0.29, 0.717) is 0 Å². The Morgan fingerprint density at radius 2 is 0.476 bits per heavy atom. The van der Waals surface area contributed by atoms with Crippen molar-refractivity contribution >= 4 is 168 Å². The summed E-state index contributed by atoms with van der Waals surface area (Å²) in [6.07, 6.45) is 10.2. The molecule has 5 aromatic heterocycles. The van der Waals surface area contributed by atoms with Crippen molar-refractivity contribution in [2.24, 2.45) is 0 Å². The number of aromatic nitrogens is 5. The van der Waals surface area contributed by atoms with Gasteiger partial charge in [-0.05, 0) is 138 Å². The molecule has 17 rings (SSSR count). The van der Waals surface area contributed by atoms with Crippen molar-refractivity contribution < 1.29 is 40.6 Å². The van der Waals surface area contributed by atoms with Gasteiger partial charge in [0.15, 0.2) is 0 Å². The van der Waals surface area contributed by atoms with E-state index in [1.807, 2.05) is 283 Å². The molecular weight excluding hydrogens is 2140 g/mol. The number of nitrogens with zero attached hydrogens (tertiary/aromatic N) is 5. The second-order valence-electron chi connectivity index (χ2n) is 42.5. The Morgan fingerprint density at radius 1 is 0.255 bits per heavy atom. The van der Waals surface area contributed by atoms with Crippen LogP contribution in [0, 0.1) is 12.1 Å². The predicted molar refractivity (Wildman–Crippen MR) is 652 cm³/mol. The minimum atomic E-state index is -1.34. The summed E-state index contributed by atoms with van der Waals surface area (Å²) in [7, 11) is -4.98. The van der Waals surface area contributed by atoms with Crippen molar-refractivity contribution in [3.05, 3.63) is 460 Å². The van der Waals surface area contributed by atoms with Crippen LogP contribution in [0.4, 0.5) is 0 Å². The van der Waals surface area contributed by atoms with E-state index >= 15 is 0 Å². The van der Waals surface area contributed by atoms with Crippen LogP contribution in [-0.4, -0.2) is 141 Å². The van der Waals surface area contributed by atoms with Gasteiger partial charge in [-0.15, -0.1) is 70.0 Å². The molecular formula is C124H150B2BrN5O4PtSi8. The van der Waals surface area contributed by atoms with Gasteiger partial charge in [0.1, 0.15) is 4.60 Å². The third kappa shape index (κ3) is 46.1. The van der Waals surface area contributed by atoms with Crippen LogP contribution in [0.25, 0.3) is 45.0 Å². The second kappa shape index (κ2) is 60.5. The molecule has 0 spiro atoms. The fourth-order valence-electron chi connectivity index (χ4n) is 13.3. The number of hydrogen-bond acceptors (Lipinski definition) is 9. The normalized spacial score (nSPS) is 11.2. The van der Waals surface area contributed by atoms with E-state index in [2.05, 4.69) is 320 Å². The number of hydrogen-bond donors (Lipinski definition) is 2. The van der Waals surface area contributed by atoms with E-state index in [-0.39, 0.29) is 21.1 Å². The molecule has 12 aromatic carbocycles. The summed E-state index contributed by atoms with van der Waals surface area (Å²) < 4.78 is 12.7. The molecule has 2 N–H and O–H groups in total. The zero-order valence-corrected chi connectivity index (χ0v) is 103. The van der Waals surface area contributed by atoms with Crippen molar-refractivity contribution in [1.29, 1.82) is 0 Å². The number of pyridine rings is 5. The first-order chi connectivity index (χ1) is 68.3. The summed E-state index contributed by atoms with van der Waals surface area (Å²) in [6, 6.07) is 149. The Morgan fingerprint density at radius 3 is 0.697 bits per heavy atom. The van der Waals surface area contributed by atoms with E-state index in [4.69, 9.17) is 29.2 Å².